The first kappa shape index (κ1) is 44.3. The third kappa shape index (κ3) is 40.0. The molecule has 0 fully saturated rings. The van der Waals surface area contributed by atoms with E-state index in [9.17, 15) is 0 Å². The lowest BCUT2D eigenvalue weighted by molar-refractivity contribution is -0.445. The molecule has 1 aromatic carbocycles. The van der Waals surface area contributed by atoms with E-state index in [1.54, 1.807) is 24.5 Å². The maximum Gasteiger partial charge on any atom is 0.490 e. The van der Waals surface area contributed by atoms with Crippen LogP contribution in [-0.4, -0.2) is 108 Å². The van der Waals surface area contributed by atoms with Crippen LogP contribution < -0.4 is 5.46 Å². The van der Waals surface area contributed by atoms with E-state index >= 15 is 0 Å². The Balaban J connectivity index is -0.000000473. The van der Waals surface area contributed by atoms with Crippen LogP contribution in [0.1, 0.15) is 0 Å². The van der Waals surface area contributed by atoms with Crippen molar-refractivity contribution in [3.8, 4) is 11.3 Å². The second-order valence-corrected chi connectivity index (χ2v) is 9.77. The fourth-order valence-corrected chi connectivity index (χ4v) is 2.28. The van der Waals surface area contributed by atoms with E-state index in [4.69, 9.17) is 30.3 Å². The number of halogens is 1. The van der Waals surface area contributed by atoms with Crippen LogP contribution in [0, 0.1) is 20.2 Å². The highest BCUT2D eigenvalue weighted by Crippen LogP contribution is 2.14. The molecule has 0 bridgehead atoms. The van der Waals surface area contributed by atoms with Crippen molar-refractivity contribution in [3.63, 3.8) is 0 Å². The van der Waals surface area contributed by atoms with E-state index < -0.39 is 17.0 Å². The SMILES string of the molecule is Brc1ccccn1.CN(C)C.CN(C)C.C[N+](=O)[O-].C[N+](=O)[O-].OB(O)c1cccnc1.c1ccc(-c2ccccn2)cc1. The molecule has 0 aliphatic carbocycles. The van der Waals surface area contributed by atoms with Crippen molar-refractivity contribution >= 4 is 28.5 Å². The summed E-state index contributed by atoms with van der Waals surface area (Å²) in [6, 6.07) is 25.0. The maximum atomic E-state index is 8.81. The van der Waals surface area contributed by atoms with Crippen molar-refractivity contribution in [3.05, 3.63) is 128 Å². The molecule has 13 nitrogen and oxygen atoms in total. The summed E-state index contributed by atoms with van der Waals surface area (Å²) in [5.74, 6) is 0. The van der Waals surface area contributed by atoms with Crippen LogP contribution in [0.15, 0.2) is 108 Å². The van der Waals surface area contributed by atoms with Gasteiger partial charge in [-0.25, -0.2) is 4.98 Å². The van der Waals surface area contributed by atoms with Gasteiger partial charge >= 0.3 is 7.12 Å². The van der Waals surface area contributed by atoms with E-state index in [2.05, 4.69) is 43.0 Å². The Hall–Kier alpha value is -4.15. The molecule has 3 heterocycles. The standard InChI is InChI=1S/C11H9N.C5H6BNO2.C5H4BrN.2C3H9N.2CH3NO2/c1-2-6-10(7-3-1)11-8-4-5-9-12-11;8-6(9)5-2-1-3-7-4-5;6-5-3-1-2-4-7-5;2*1-4(2)3;2*1-2(3)4/h1-9H;1-4,8-9H;1-4H;2*1-3H3;2*1H3. The molecular formula is C29H43BBrN7O6. The molecule has 0 amide bonds. The van der Waals surface area contributed by atoms with Gasteiger partial charge in [-0.1, -0.05) is 48.5 Å². The zero-order valence-corrected chi connectivity index (χ0v) is 28.0. The second kappa shape index (κ2) is 30.3. The summed E-state index contributed by atoms with van der Waals surface area (Å²) < 4.78 is 0.884. The molecule has 240 valence electrons. The van der Waals surface area contributed by atoms with Gasteiger partial charge in [0.1, 0.15) is 4.60 Å². The van der Waals surface area contributed by atoms with E-state index in [1.807, 2.05) is 113 Å². The van der Waals surface area contributed by atoms with Crippen molar-refractivity contribution in [2.24, 2.45) is 0 Å². The van der Waals surface area contributed by atoms with E-state index in [0.29, 0.717) is 5.46 Å². The Morgan fingerprint density at radius 2 is 1.11 bits per heavy atom. The van der Waals surface area contributed by atoms with Gasteiger partial charge in [0.2, 0.25) is 0 Å². The Labute approximate surface area is 268 Å². The molecule has 0 spiro atoms. The molecule has 3 aromatic heterocycles. The number of hydrogen-bond acceptors (Lipinski definition) is 11. The molecule has 0 radical (unpaired) electrons. The van der Waals surface area contributed by atoms with Gasteiger partial charge in [0.15, 0.2) is 14.1 Å². The number of nitro groups is 2. The van der Waals surface area contributed by atoms with E-state index in [0.717, 1.165) is 30.0 Å². The summed E-state index contributed by atoms with van der Waals surface area (Å²) in [5, 5.41) is 34.7. The molecule has 4 rings (SSSR count). The van der Waals surface area contributed by atoms with Crippen LogP contribution in [0.4, 0.5) is 0 Å². The summed E-state index contributed by atoms with van der Waals surface area (Å²) in [4.78, 5) is 32.4. The average Bonchev–Trinajstić information content (AvgIpc) is 2.94. The van der Waals surface area contributed by atoms with Crippen LogP contribution in [0.3, 0.4) is 0 Å². The van der Waals surface area contributed by atoms with Gasteiger partial charge in [-0.05, 0) is 88.5 Å². The largest absolute Gasteiger partial charge is 0.490 e. The first-order valence-corrected chi connectivity index (χ1v) is 13.6. The van der Waals surface area contributed by atoms with Gasteiger partial charge in [-0.15, -0.1) is 0 Å². The number of benzene rings is 1. The summed E-state index contributed by atoms with van der Waals surface area (Å²) in [5.41, 5.74) is 2.61. The van der Waals surface area contributed by atoms with Gasteiger partial charge in [0.05, 0.1) is 5.69 Å². The number of aromatic nitrogens is 3. The highest BCUT2D eigenvalue weighted by atomic mass is 79.9. The molecule has 15 heteroatoms. The van der Waals surface area contributed by atoms with Gasteiger partial charge in [0, 0.05) is 45.7 Å². The third-order valence-corrected chi connectivity index (χ3v) is 3.81. The first-order valence-electron chi connectivity index (χ1n) is 12.8. The van der Waals surface area contributed by atoms with Crippen LogP contribution in [0.25, 0.3) is 11.3 Å². The molecule has 4 aromatic rings. The zero-order chi connectivity index (χ0) is 34.3. The maximum absolute atomic E-state index is 8.81. The van der Waals surface area contributed by atoms with E-state index in [-0.39, 0.29) is 0 Å². The number of rotatable bonds is 2. The Morgan fingerprint density at radius 1 is 0.682 bits per heavy atom. The summed E-state index contributed by atoms with van der Waals surface area (Å²) in [7, 11) is 12.4. The van der Waals surface area contributed by atoms with Crippen LogP contribution in [0.5, 0.6) is 0 Å². The van der Waals surface area contributed by atoms with Crippen molar-refractivity contribution in [2.75, 3.05) is 56.4 Å². The molecule has 44 heavy (non-hydrogen) atoms. The van der Waals surface area contributed by atoms with Gasteiger partial charge < -0.3 is 19.8 Å². The highest BCUT2D eigenvalue weighted by molar-refractivity contribution is 9.10. The van der Waals surface area contributed by atoms with Crippen LogP contribution >= 0.6 is 15.9 Å². The number of nitrogens with zero attached hydrogens (tertiary/aromatic N) is 7. The lowest BCUT2D eigenvalue weighted by Crippen LogP contribution is -2.29. The zero-order valence-electron chi connectivity index (χ0n) is 26.4. The van der Waals surface area contributed by atoms with Crippen molar-refractivity contribution in [1.82, 2.24) is 24.8 Å². The van der Waals surface area contributed by atoms with E-state index in [1.165, 1.54) is 6.20 Å². The normalized spacial score (nSPS) is 8.66. The van der Waals surface area contributed by atoms with Crippen LogP contribution in [-0.2, 0) is 0 Å². The van der Waals surface area contributed by atoms with Gasteiger partial charge in [-0.3, -0.25) is 30.2 Å². The van der Waals surface area contributed by atoms with Gasteiger partial charge in [-0.2, -0.15) is 0 Å². The molecular weight excluding hydrogens is 633 g/mol. The molecule has 2 N–H and O–H groups in total. The monoisotopic (exact) mass is 675 g/mol. The molecule has 0 aliphatic heterocycles. The molecule has 0 saturated carbocycles. The topological polar surface area (TPSA) is 172 Å². The highest BCUT2D eigenvalue weighted by Gasteiger charge is 2.08. The Kier molecular flexibility index (Phi) is 30.5. The number of pyridine rings is 3. The lowest BCUT2D eigenvalue weighted by atomic mass is 9.82. The minimum absolute atomic E-state index is 0.414. The fourth-order valence-electron chi connectivity index (χ4n) is 2.01. The lowest BCUT2D eigenvalue weighted by Gasteiger charge is -1.97. The predicted octanol–water partition coefficient (Wildman–Crippen LogP) is 3.50. The second-order valence-electron chi connectivity index (χ2n) is 8.96. The number of hydrogen-bond donors (Lipinski definition) is 2. The average molecular weight is 676 g/mol. The van der Waals surface area contributed by atoms with Crippen molar-refractivity contribution in [2.45, 2.75) is 0 Å². The Morgan fingerprint density at radius 3 is 1.39 bits per heavy atom. The first-order chi connectivity index (χ1) is 20.6. The van der Waals surface area contributed by atoms with Crippen molar-refractivity contribution in [1.29, 1.82) is 0 Å². The minimum atomic E-state index is -1.40. The third-order valence-electron chi connectivity index (χ3n) is 3.35. The smallest absolute Gasteiger partial charge is 0.423 e. The predicted molar refractivity (Wildman–Crippen MR) is 181 cm³/mol. The summed E-state index contributed by atoms with van der Waals surface area (Å²) in [6.45, 7) is 0. The Bertz CT molecular complexity index is 1130. The van der Waals surface area contributed by atoms with Crippen LogP contribution in [0.2, 0.25) is 0 Å². The quantitative estimate of drug-likeness (QED) is 0.138. The van der Waals surface area contributed by atoms with Crippen molar-refractivity contribution < 1.29 is 19.9 Å². The fraction of sp³-hybridized carbons (Fsp3) is 0.276. The molecule has 0 saturated heterocycles. The van der Waals surface area contributed by atoms with Gasteiger partial charge in [0.25, 0.3) is 0 Å². The molecule has 0 unspecified atom stereocenters. The summed E-state index contributed by atoms with van der Waals surface area (Å²) >= 11 is 3.20. The molecule has 0 aliphatic rings. The summed E-state index contributed by atoms with van der Waals surface area (Å²) in [6.07, 6.45) is 6.53. The minimum Gasteiger partial charge on any atom is -0.423 e. The molecule has 0 atom stereocenters.